The molecule has 0 aromatic heterocycles. The third-order valence-electron chi connectivity index (χ3n) is 6.61. The van der Waals surface area contributed by atoms with E-state index >= 15 is 0 Å². The number of aliphatic hydroxyl groups excluding tert-OH is 1. The summed E-state index contributed by atoms with van der Waals surface area (Å²) in [7, 11) is 0. The number of likely N-dealkylation sites (tertiary alicyclic amines) is 1. The molecule has 172 valence electrons. The Kier molecular flexibility index (Phi) is 5.50. The number of hydrogen-bond donors (Lipinski definition) is 2. The topological polar surface area (TPSA) is 99.2 Å². The summed E-state index contributed by atoms with van der Waals surface area (Å²) < 4.78 is 5.63. The van der Waals surface area contributed by atoms with E-state index in [1.165, 1.54) is 9.80 Å². The summed E-state index contributed by atoms with van der Waals surface area (Å²) in [6.45, 7) is 2.31. The standard InChI is InChI=1S/C24H24ClN3O5/c1-13(27-10-14-4-2-3-5-17(14)24(27)32)23(31)28-11-16(29)9-20(28)22(30)26-19-12-33-21-7-6-15(25)8-18(19)21/h2-8,13,16,19-20,29H,9-12H2,1H3,(H,26,30)/t13-,16+,19?,20-/m0/s1. The van der Waals surface area contributed by atoms with Gasteiger partial charge in [0.15, 0.2) is 0 Å². The van der Waals surface area contributed by atoms with E-state index in [0.29, 0.717) is 22.9 Å². The Bertz CT molecular complexity index is 1140. The van der Waals surface area contributed by atoms with Gasteiger partial charge >= 0.3 is 0 Å². The van der Waals surface area contributed by atoms with Crippen molar-refractivity contribution in [1.29, 1.82) is 0 Å². The summed E-state index contributed by atoms with van der Waals surface area (Å²) in [5, 5.41) is 13.7. The number of ether oxygens (including phenoxy) is 1. The Morgan fingerprint density at radius 2 is 2.03 bits per heavy atom. The van der Waals surface area contributed by atoms with Crippen LogP contribution in [0, 0.1) is 0 Å². The molecule has 9 heteroatoms. The van der Waals surface area contributed by atoms with E-state index in [9.17, 15) is 19.5 Å². The Labute approximate surface area is 196 Å². The number of nitrogens with zero attached hydrogens (tertiary/aromatic N) is 2. The zero-order valence-corrected chi connectivity index (χ0v) is 18.8. The fourth-order valence-corrected chi connectivity index (χ4v) is 5.02. The molecule has 33 heavy (non-hydrogen) atoms. The molecular weight excluding hydrogens is 446 g/mol. The quantitative estimate of drug-likeness (QED) is 0.712. The van der Waals surface area contributed by atoms with Gasteiger partial charge in [-0.1, -0.05) is 29.8 Å². The number of fused-ring (bicyclic) bond motifs is 2. The number of aliphatic hydroxyl groups is 1. The molecule has 0 radical (unpaired) electrons. The molecule has 0 aliphatic carbocycles. The first-order valence-electron chi connectivity index (χ1n) is 10.9. The maximum atomic E-state index is 13.4. The second kappa shape index (κ2) is 8.35. The van der Waals surface area contributed by atoms with E-state index in [4.69, 9.17) is 16.3 Å². The van der Waals surface area contributed by atoms with Crippen LogP contribution in [0.15, 0.2) is 42.5 Å². The van der Waals surface area contributed by atoms with Crippen molar-refractivity contribution in [2.45, 2.75) is 44.1 Å². The molecule has 2 N–H and O–H groups in total. The Morgan fingerprint density at radius 1 is 1.24 bits per heavy atom. The minimum Gasteiger partial charge on any atom is -0.491 e. The molecule has 1 unspecified atom stereocenters. The highest BCUT2D eigenvalue weighted by Crippen LogP contribution is 2.35. The van der Waals surface area contributed by atoms with Crippen LogP contribution < -0.4 is 10.1 Å². The second-order valence-corrected chi connectivity index (χ2v) is 9.15. The number of β-amino-alcohol motifs (C(OH)–C–C–N with tert-alkyl or cyclic N) is 1. The maximum Gasteiger partial charge on any atom is 0.255 e. The summed E-state index contributed by atoms with van der Waals surface area (Å²) in [6, 6.07) is 10.5. The van der Waals surface area contributed by atoms with Crippen molar-refractivity contribution < 1.29 is 24.2 Å². The SMILES string of the molecule is C[C@@H](C(=O)N1C[C@H](O)C[C@H]1C(=O)NC1COc2ccc(Cl)cc21)N1Cc2ccccc2C1=O. The first kappa shape index (κ1) is 21.7. The van der Waals surface area contributed by atoms with E-state index < -0.39 is 24.2 Å². The molecule has 0 bridgehead atoms. The average molecular weight is 470 g/mol. The minimum atomic E-state index is -0.835. The number of carbonyl (C=O) groups is 3. The summed E-state index contributed by atoms with van der Waals surface area (Å²) in [6.07, 6.45) is -0.681. The monoisotopic (exact) mass is 469 g/mol. The molecule has 4 atom stereocenters. The predicted octanol–water partition coefficient (Wildman–Crippen LogP) is 1.90. The van der Waals surface area contributed by atoms with Crippen molar-refractivity contribution >= 4 is 29.3 Å². The number of halogens is 1. The Morgan fingerprint density at radius 3 is 2.82 bits per heavy atom. The third-order valence-corrected chi connectivity index (χ3v) is 6.84. The van der Waals surface area contributed by atoms with Crippen LogP contribution >= 0.6 is 11.6 Å². The molecule has 3 amide bonds. The summed E-state index contributed by atoms with van der Waals surface area (Å²) >= 11 is 6.09. The minimum absolute atomic E-state index is 0.0415. The van der Waals surface area contributed by atoms with Crippen molar-refractivity contribution in [3.8, 4) is 5.75 Å². The number of hydrogen-bond acceptors (Lipinski definition) is 5. The highest BCUT2D eigenvalue weighted by atomic mass is 35.5. The lowest BCUT2D eigenvalue weighted by Crippen LogP contribution is -2.53. The van der Waals surface area contributed by atoms with Gasteiger partial charge in [0.05, 0.1) is 12.1 Å². The number of benzene rings is 2. The summed E-state index contributed by atoms with van der Waals surface area (Å²) in [5.41, 5.74) is 2.24. The van der Waals surface area contributed by atoms with Gasteiger partial charge in [0, 0.05) is 35.7 Å². The highest BCUT2D eigenvalue weighted by molar-refractivity contribution is 6.30. The van der Waals surface area contributed by atoms with Crippen LogP contribution in [0.4, 0.5) is 0 Å². The second-order valence-electron chi connectivity index (χ2n) is 8.72. The largest absolute Gasteiger partial charge is 0.491 e. The summed E-state index contributed by atoms with van der Waals surface area (Å²) in [5.74, 6) is -0.280. The molecule has 2 aromatic carbocycles. The fourth-order valence-electron chi connectivity index (χ4n) is 4.84. The molecule has 2 aromatic rings. The maximum absolute atomic E-state index is 13.4. The van der Waals surface area contributed by atoms with Gasteiger partial charge in [-0.2, -0.15) is 0 Å². The Hall–Kier alpha value is -3.10. The third kappa shape index (κ3) is 3.83. The number of carbonyl (C=O) groups excluding carboxylic acids is 3. The van der Waals surface area contributed by atoms with Gasteiger partial charge in [-0.05, 0) is 36.8 Å². The van der Waals surface area contributed by atoms with Gasteiger partial charge in [-0.25, -0.2) is 0 Å². The van der Waals surface area contributed by atoms with Gasteiger partial charge in [0.2, 0.25) is 11.8 Å². The van der Waals surface area contributed by atoms with E-state index in [2.05, 4.69) is 5.32 Å². The lowest BCUT2D eigenvalue weighted by atomic mass is 10.1. The van der Waals surface area contributed by atoms with Gasteiger partial charge in [-0.3, -0.25) is 14.4 Å². The van der Waals surface area contributed by atoms with Crippen LogP contribution in [-0.4, -0.2) is 64.0 Å². The number of rotatable bonds is 4. The molecule has 8 nitrogen and oxygen atoms in total. The van der Waals surface area contributed by atoms with Crippen LogP contribution in [0.1, 0.15) is 40.9 Å². The van der Waals surface area contributed by atoms with Crippen LogP contribution in [0.2, 0.25) is 5.02 Å². The highest BCUT2D eigenvalue weighted by Gasteiger charge is 2.44. The lowest BCUT2D eigenvalue weighted by molar-refractivity contribution is -0.142. The van der Waals surface area contributed by atoms with E-state index in [1.54, 1.807) is 37.3 Å². The van der Waals surface area contributed by atoms with Gasteiger partial charge in [0.25, 0.3) is 5.91 Å². The van der Waals surface area contributed by atoms with Crippen molar-refractivity contribution in [3.05, 3.63) is 64.2 Å². The van der Waals surface area contributed by atoms with Gasteiger partial charge in [0.1, 0.15) is 24.4 Å². The van der Waals surface area contributed by atoms with Gasteiger partial charge < -0.3 is 25.0 Å². The van der Waals surface area contributed by atoms with Crippen LogP contribution in [0.25, 0.3) is 0 Å². The molecule has 3 aliphatic heterocycles. The first-order chi connectivity index (χ1) is 15.8. The zero-order valence-electron chi connectivity index (χ0n) is 18.0. The normalized spacial score (nSPS) is 24.3. The molecule has 3 aliphatic rings. The van der Waals surface area contributed by atoms with Crippen molar-refractivity contribution in [1.82, 2.24) is 15.1 Å². The molecule has 0 saturated carbocycles. The number of amides is 3. The van der Waals surface area contributed by atoms with E-state index in [0.717, 1.165) is 11.1 Å². The predicted molar refractivity (Wildman–Crippen MR) is 120 cm³/mol. The molecule has 0 spiro atoms. The molecule has 3 heterocycles. The van der Waals surface area contributed by atoms with E-state index in [1.807, 2.05) is 12.1 Å². The van der Waals surface area contributed by atoms with Gasteiger partial charge in [-0.15, -0.1) is 0 Å². The van der Waals surface area contributed by atoms with Crippen LogP contribution in [0.5, 0.6) is 5.75 Å². The fraction of sp³-hybridized carbons (Fsp3) is 0.375. The number of nitrogens with one attached hydrogen (secondary N) is 1. The first-order valence-corrected chi connectivity index (χ1v) is 11.3. The van der Waals surface area contributed by atoms with Crippen molar-refractivity contribution in [2.75, 3.05) is 13.2 Å². The smallest absolute Gasteiger partial charge is 0.255 e. The molecule has 5 rings (SSSR count). The lowest BCUT2D eigenvalue weighted by Gasteiger charge is -2.31. The summed E-state index contributed by atoms with van der Waals surface area (Å²) in [4.78, 5) is 42.2. The molecular formula is C24H24ClN3O5. The van der Waals surface area contributed by atoms with Crippen LogP contribution in [-0.2, 0) is 16.1 Å². The molecule has 1 saturated heterocycles. The average Bonchev–Trinajstić information content (AvgIpc) is 3.48. The van der Waals surface area contributed by atoms with E-state index in [-0.39, 0.29) is 37.3 Å². The van der Waals surface area contributed by atoms with Crippen molar-refractivity contribution in [3.63, 3.8) is 0 Å². The Balaban J connectivity index is 1.30. The van der Waals surface area contributed by atoms with Crippen LogP contribution in [0.3, 0.4) is 0 Å². The van der Waals surface area contributed by atoms with Crippen molar-refractivity contribution in [2.24, 2.45) is 0 Å². The zero-order chi connectivity index (χ0) is 23.3. The molecule has 1 fully saturated rings.